The van der Waals surface area contributed by atoms with E-state index in [4.69, 9.17) is 9.52 Å². The predicted octanol–water partition coefficient (Wildman–Crippen LogP) is 3.37. The lowest BCUT2D eigenvalue weighted by Crippen LogP contribution is -2.24. The number of benzene rings is 1. The molecule has 0 aliphatic carbocycles. The number of hydrogen-bond acceptors (Lipinski definition) is 3. The molecule has 1 fully saturated rings. The Morgan fingerprint density at radius 3 is 3.00 bits per heavy atom. The van der Waals surface area contributed by atoms with Crippen molar-refractivity contribution in [2.75, 3.05) is 13.1 Å². The van der Waals surface area contributed by atoms with Crippen molar-refractivity contribution in [2.45, 2.75) is 26.8 Å². The van der Waals surface area contributed by atoms with Crippen LogP contribution in [0, 0.1) is 11.3 Å². The van der Waals surface area contributed by atoms with E-state index in [1.165, 1.54) is 5.56 Å². The fourth-order valence-corrected chi connectivity index (χ4v) is 3.37. The zero-order valence-corrected chi connectivity index (χ0v) is 12.5. The van der Waals surface area contributed by atoms with E-state index in [0.29, 0.717) is 0 Å². The lowest BCUT2D eigenvalue weighted by atomic mass is 9.80. The van der Waals surface area contributed by atoms with Crippen molar-refractivity contribution in [3.63, 3.8) is 0 Å². The third-order valence-corrected chi connectivity index (χ3v) is 4.56. The first-order chi connectivity index (χ1) is 9.94. The quantitative estimate of drug-likeness (QED) is 0.936. The molecule has 1 unspecified atom stereocenters. The standard InChI is InChI=1S/C17H21NO3/c1-17(2)11-18(10-14(17)8-16(19)20)9-12-3-4-15-13(7-12)5-6-21-15/h3-7,14H,8-11H2,1-2H3,(H,19,20). The molecule has 2 heterocycles. The smallest absolute Gasteiger partial charge is 0.303 e. The van der Waals surface area contributed by atoms with Gasteiger partial charge in [-0.15, -0.1) is 0 Å². The summed E-state index contributed by atoms with van der Waals surface area (Å²) in [5.41, 5.74) is 2.21. The molecule has 4 nitrogen and oxygen atoms in total. The maximum absolute atomic E-state index is 11.0. The maximum Gasteiger partial charge on any atom is 0.303 e. The number of carbonyl (C=O) groups is 1. The summed E-state index contributed by atoms with van der Waals surface area (Å²) < 4.78 is 5.36. The average Bonchev–Trinajstić information content (AvgIpc) is 2.93. The number of aliphatic carboxylic acids is 1. The molecule has 0 bridgehead atoms. The van der Waals surface area contributed by atoms with E-state index in [2.05, 4.69) is 30.9 Å². The van der Waals surface area contributed by atoms with Crippen molar-refractivity contribution in [2.24, 2.45) is 11.3 Å². The monoisotopic (exact) mass is 287 g/mol. The lowest BCUT2D eigenvalue weighted by molar-refractivity contribution is -0.138. The van der Waals surface area contributed by atoms with E-state index in [1.54, 1.807) is 6.26 Å². The molecule has 0 spiro atoms. The molecule has 0 amide bonds. The van der Waals surface area contributed by atoms with Gasteiger partial charge in [-0.1, -0.05) is 19.9 Å². The summed E-state index contributed by atoms with van der Waals surface area (Å²) in [5, 5.41) is 10.2. The minimum absolute atomic E-state index is 0.0537. The Balaban J connectivity index is 1.72. The Labute approximate surface area is 124 Å². The highest BCUT2D eigenvalue weighted by Gasteiger charge is 2.40. The topological polar surface area (TPSA) is 53.7 Å². The van der Waals surface area contributed by atoms with Crippen LogP contribution in [0.3, 0.4) is 0 Å². The molecule has 2 aromatic rings. The van der Waals surface area contributed by atoms with Gasteiger partial charge in [-0.05, 0) is 35.1 Å². The van der Waals surface area contributed by atoms with Gasteiger partial charge in [0.15, 0.2) is 0 Å². The summed E-state index contributed by atoms with van der Waals surface area (Å²) in [6.07, 6.45) is 1.96. The van der Waals surface area contributed by atoms with Crippen LogP contribution in [-0.2, 0) is 11.3 Å². The summed E-state index contributed by atoms with van der Waals surface area (Å²) >= 11 is 0. The third-order valence-electron chi connectivity index (χ3n) is 4.56. The van der Waals surface area contributed by atoms with Crippen LogP contribution >= 0.6 is 0 Å². The van der Waals surface area contributed by atoms with Crippen LogP contribution in [0.2, 0.25) is 0 Å². The van der Waals surface area contributed by atoms with Gasteiger partial charge in [0.25, 0.3) is 0 Å². The highest BCUT2D eigenvalue weighted by atomic mass is 16.4. The number of furan rings is 1. The molecule has 1 saturated heterocycles. The minimum Gasteiger partial charge on any atom is -0.481 e. The van der Waals surface area contributed by atoms with Gasteiger partial charge < -0.3 is 9.52 Å². The Kier molecular flexibility index (Phi) is 3.49. The first-order valence-corrected chi connectivity index (χ1v) is 7.34. The van der Waals surface area contributed by atoms with Crippen LogP contribution in [0.25, 0.3) is 11.0 Å². The summed E-state index contributed by atoms with van der Waals surface area (Å²) in [4.78, 5) is 13.4. The van der Waals surface area contributed by atoms with E-state index in [-0.39, 0.29) is 17.8 Å². The molecule has 1 aliphatic heterocycles. The zero-order chi connectivity index (χ0) is 15.0. The van der Waals surface area contributed by atoms with Gasteiger partial charge in [0.05, 0.1) is 6.26 Å². The van der Waals surface area contributed by atoms with Crippen LogP contribution < -0.4 is 0 Å². The average molecular weight is 287 g/mol. The second-order valence-electron chi connectivity index (χ2n) is 6.75. The van der Waals surface area contributed by atoms with Gasteiger partial charge in [0.1, 0.15) is 5.58 Å². The number of fused-ring (bicyclic) bond motifs is 1. The molecule has 1 atom stereocenters. The summed E-state index contributed by atoms with van der Waals surface area (Å²) in [7, 11) is 0. The van der Waals surface area contributed by atoms with Gasteiger partial charge in [0.2, 0.25) is 0 Å². The van der Waals surface area contributed by atoms with Crippen molar-refractivity contribution in [1.29, 1.82) is 0 Å². The van der Waals surface area contributed by atoms with Crippen molar-refractivity contribution in [1.82, 2.24) is 4.90 Å². The number of likely N-dealkylation sites (tertiary alicyclic amines) is 1. The Hall–Kier alpha value is -1.81. The normalized spacial score (nSPS) is 21.9. The van der Waals surface area contributed by atoms with Crippen LogP contribution in [0.5, 0.6) is 0 Å². The first-order valence-electron chi connectivity index (χ1n) is 7.34. The second kappa shape index (κ2) is 5.19. The highest BCUT2D eigenvalue weighted by Crippen LogP contribution is 2.38. The SMILES string of the molecule is CC1(C)CN(Cc2ccc3occc3c2)CC1CC(=O)O. The van der Waals surface area contributed by atoms with Gasteiger partial charge in [-0.25, -0.2) is 0 Å². The summed E-state index contributed by atoms with van der Waals surface area (Å²) in [6, 6.07) is 8.21. The highest BCUT2D eigenvalue weighted by molar-refractivity contribution is 5.77. The first kappa shape index (κ1) is 14.1. The van der Waals surface area contributed by atoms with Gasteiger partial charge in [0, 0.05) is 31.4 Å². The van der Waals surface area contributed by atoms with Crippen molar-refractivity contribution in [3.8, 4) is 0 Å². The molecular formula is C17H21NO3. The largest absolute Gasteiger partial charge is 0.481 e. The molecule has 1 N–H and O–H groups in total. The number of hydrogen-bond donors (Lipinski definition) is 1. The molecular weight excluding hydrogens is 266 g/mol. The van der Waals surface area contributed by atoms with Gasteiger partial charge in [-0.3, -0.25) is 9.69 Å². The van der Waals surface area contributed by atoms with Crippen LogP contribution in [0.15, 0.2) is 34.9 Å². The summed E-state index contributed by atoms with van der Waals surface area (Å²) in [6.45, 7) is 6.98. The molecule has 4 heteroatoms. The Morgan fingerprint density at radius 2 is 2.24 bits per heavy atom. The second-order valence-corrected chi connectivity index (χ2v) is 6.75. The maximum atomic E-state index is 11.0. The molecule has 0 saturated carbocycles. The van der Waals surface area contributed by atoms with Crippen molar-refractivity contribution >= 4 is 16.9 Å². The van der Waals surface area contributed by atoms with E-state index in [1.807, 2.05) is 12.1 Å². The molecule has 1 aliphatic rings. The number of carboxylic acids is 1. The van der Waals surface area contributed by atoms with Crippen molar-refractivity contribution < 1.29 is 14.3 Å². The van der Waals surface area contributed by atoms with Crippen LogP contribution in [-0.4, -0.2) is 29.1 Å². The van der Waals surface area contributed by atoms with E-state index < -0.39 is 5.97 Å². The molecule has 112 valence electrons. The molecule has 21 heavy (non-hydrogen) atoms. The third kappa shape index (κ3) is 2.95. The molecule has 3 rings (SSSR count). The predicted molar refractivity (Wildman–Crippen MR) is 81.0 cm³/mol. The fraction of sp³-hybridized carbons (Fsp3) is 0.471. The van der Waals surface area contributed by atoms with Crippen LogP contribution in [0.4, 0.5) is 0 Å². The lowest BCUT2D eigenvalue weighted by Gasteiger charge is -2.24. The van der Waals surface area contributed by atoms with Crippen molar-refractivity contribution in [3.05, 3.63) is 36.1 Å². The number of carboxylic acid groups (broad SMARTS) is 1. The Morgan fingerprint density at radius 1 is 1.43 bits per heavy atom. The fourth-order valence-electron chi connectivity index (χ4n) is 3.37. The Bertz CT molecular complexity index is 659. The van der Waals surface area contributed by atoms with E-state index >= 15 is 0 Å². The van der Waals surface area contributed by atoms with Gasteiger partial charge in [-0.2, -0.15) is 0 Å². The minimum atomic E-state index is -0.699. The zero-order valence-electron chi connectivity index (χ0n) is 12.5. The molecule has 0 radical (unpaired) electrons. The number of rotatable bonds is 4. The molecule has 1 aromatic carbocycles. The van der Waals surface area contributed by atoms with Crippen LogP contribution in [0.1, 0.15) is 25.8 Å². The molecule has 1 aromatic heterocycles. The number of nitrogens with zero attached hydrogens (tertiary/aromatic N) is 1. The van der Waals surface area contributed by atoms with E-state index in [9.17, 15) is 4.79 Å². The summed E-state index contributed by atoms with van der Waals surface area (Å²) in [5.74, 6) is -0.484. The van der Waals surface area contributed by atoms with E-state index in [0.717, 1.165) is 30.6 Å². The van der Waals surface area contributed by atoms with Gasteiger partial charge >= 0.3 is 5.97 Å².